The monoisotopic (exact) mass is 407 g/mol. The smallest absolute Gasteiger partial charge is 0.251 e. The Balaban J connectivity index is 2.08. The van der Waals surface area contributed by atoms with Gasteiger partial charge in [0.1, 0.15) is 17.6 Å². The number of carbonyl (C=O) groups excluding carboxylic acids is 1. The first-order chi connectivity index (χ1) is 13.2. The molecule has 0 fully saturated rings. The Morgan fingerprint density at radius 3 is 2.25 bits per heavy atom. The first kappa shape index (κ1) is 21.7. The fourth-order valence-electron chi connectivity index (χ4n) is 2.57. The maximum Gasteiger partial charge on any atom is 0.251 e. The van der Waals surface area contributed by atoms with Crippen molar-refractivity contribution in [3.05, 3.63) is 53.6 Å². The fraction of sp³-hybridized carbons (Fsp3) is 0.350. The molecule has 2 aromatic carbocycles. The van der Waals surface area contributed by atoms with Gasteiger partial charge in [-0.25, -0.2) is 8.42 Å². The maximum atomic E-state index is 12.3. The highest BCUT2D eigenvalue weighted by molar-refractivity contribution is 7.92. The molecule has 0 bridgehead atoms. The summed E-state index contributed by atoms with van der Waals surface area (Å²) in [5, 5.41) is 12.5. The van der Waals surface area contributed by atoms with Crippen LogP contribution in [0.5, 0.6) is 11.5 Å². The Morgan fingerprint density at radius 2 is 1.71 bits per heavy atom. The molecule has 0 aliphatic heterocycles. The summed E-state index contributed by atoms with van der Waals surface area (Å²) in [5.74, 6) is 0.614. The molecule has 28 heavy (non-hydrogen) atoms. The largest absolute Gasteiger partial charge is 0.497 e. The SMILES string of the molecule is COc1ccc(OC)c(C(O)CNC(=O)c2ccc(S(=O)(=O)C(C)C)cc2)c1. The molecule has 8 heteroatoms. The number of sulfone groups is 1. The number of aliphatic hydroxyl groups excluding tert-OH is 1. The Morgan fingerprint density at radius 1 is 1.07 bits per heavy atom. The molecule has 0 heterocycles. The second kappa shape index (κ2) is 9.07. The van der Waals surface area contributed by atoms with E-state index >= 15 is 0 Å². The molecule has 0 saturated heterocycles. The van der Waals surface area contributed by atoms with Crippen LogP contribution in [0.4, 0.5) is 0 Å². The van der Waals surface area contributed by atoms with E-state index in [0.717, 1.165) is 0 Å². The molecular formula is C20H25NO6S. The van der Waals surface area contributed by atoms with Crippen LogP contribution in [0.3, 0.4) is 0 Å². The van der Waals surface area contributed by atoms with Gasteiger partial charge in [-0.1, -0.05) is 0 Å². The van der Waals surface area contributed by atoms with Crippen LogP contribution < -0.4 is 14.8 Å². The third-order valence-corrected chi connectivity index (χ3v) is 6.49. The molecule has 152 valence electrons. The van der Waals surface area contributed by atoms with Crippen LogP contribution in [0.25, 0.3) is 0 Å². The molecule has 0 aliphatic rings. The minimum atomic E-state index is -3.39. The highest BCUT2D eigenvalue weighted by Gasteiger charge is 2.20. The molecular weight excluding hydrogens is 382 g/mol. The topological polar surface area (TPSA) is 102 Å². The summed E-state index contributed by atoms with van der Waals surface area (Å²) >= 11 is 0. The number of hydrogen-bond acceptors (Lipinski definition) is 6. The molecule has 2 aromatic rings. The van der Waals surface area contributed by atoms with E-state index in [9.17, 15) is 18.3 Å². The zero-order chi connectivity index (χ0) is 20.9. The number of nitrogens with one attached hydrogen (secondary N) is 1. The van der Waals surface area contributed by atoms with E-state index < -0.39 is 27.1 Å². The number of ether oxygens (including phenoxy) is 2. The molecule has 0 aliphatic carbocycles. The van der Waals surface area contributed by atoms with Crippen molar-refractivity contribution in [3.63, 3.8) is 0 Å². The van der Waals surface area contributed by atoms with Gasteiger partial charge in [-0.05, 0) is 56.3 Å². The lowest BCUT2D eigenvalue weighted by Gasteiger charge is -2.16. The molecule has 2 rings (SSSR count). The van der Waals surface area contributed by atoms with Crippen molar-refractivity contribution < 1.29 is 27.8 Å². The molecule has 0 spiro atoms. The maximum absolute atomic E-state index is 12.3. The number of carbonyl (C=O) groups is 1. The van der Waals surface area contributed by atoms with Crippen molar-refractivity contribution in [3.8, 4) is 11.5 Å². The van der Waals surface area contributed by atoms with E-state index in [1.807, 2.05) is 0 Å². The predicted molar refractivity (Wildman–Crippen MR) is 106 cm³/mol. The molecule has 0 aromatic heterocycles. The molecule has 1 amide bonds. The normalized spacial score (nSPS) is 12.5. The Hall–Kier alpha value is -2.58. The highest BCUT2D eigenvalue weighted by atomic mass is 32.2. The summed E-state index contributed by atoms with van der Waals surface area (Å²) in [7, 11) is -0.387. The van der Waals surface area contributed by atoms with Gasteiger partial charge in [0, 0.05) is 17.7 Å². The van der Waals surface area contributed by atoms with E-state index in [-0.39, 0.29) is 11.4 Å². The molecule has 1 atom stereocenters. The molecule has 1 unspecified atom stereocenters. The van der Waals surface area contributed by atoms with Gasteiger partial charge in [0.15, 0.2) is 9.84 Å². The highest BCUT2D eigenvalue weighted by Crippen LogP contribution is 2.29. The van der Waals surface area contributed by atoms with Crippen LogP contribution in [0.1, 0.15) is 35.9 Å². The minimum Gasteiger partial charge on any atom is -0.497 e. The van der Waals surface area contributed by atoms with Crippen LogP contribution in [-0.4, -0.2) is 45.4 Å². The van der Waals surface area contributed by atoms with Gasteiger partial charge in [-0.3, -0.25) is 4.79 Å². The van der Waals surface area contributed by atoms with Crippen molar-refractivity contribution in [1.29, 1.82) is 0 Å². The van der Waals surface area contributed by atoms with Gasteiger partial charge in [0.05, 0.1) is 24.4 Å². The van der Waals surface area contributed by atoms with Crippen LogP contribution in [-0.2, 0) is 9.84 Å². The van der Waals surface area contributed by atoms with Gasteiger partial charge in [0.25, 0.3) is 5.91 Å². The predicted octanol–water partition coefficient (Wildman–Crippen LogP) is 2.35. The van der Waals surface area contributed by atoms with Gasteiger partial charge >= 0.3 is 0 Å². The number of methoxy groups -OCH3 is 2. The molecule has 2 N–H and O–H groups in total. The number of aliphatic hydroxyl groups is 1. The van der Waals surface area contributed by atoms with E-state index in [1.54, 1.807) is 32.0 Å². The summed E-state index contributed by atoms with van der Waals surface area (Å²) in [6, 6.07) is 10.7. The summed E-state index contributed by atoms with van der Waals surface area (Å²) in [6.45, 7) is 3.16. The Kier molecular flexibility index (Phi) is 7.04. The van der Waals surface area contributed by atoms with Crippen LogP contribution in [0, 0.1) is 0 Å². The van der Waals surface area contributed by atoms with Crippen LogP contribution >= 0.6 is 0 Å². The first-order valence-electron chi connectivity index (χ1n) is 8.72. The first-order valence-corrected chi connectivity index (χ1v) is 10.3. The number of benzene rings is 2. The zero-order valence-corrected chi connectivity index (χ0v) is 17.1. The third kappa shape index (κ3) is 4.82. The van der Waals surface area contributed by atoms with E-state index in [4.69, 9.17) is 9.47 Å². The Bertz CT molecular complexity index is 922. The summed E-state index contributed by atoms with van der Waals surface area (Å²) in [4.78, 5) is 12.5. The van der Waals surface area contributed by atoms with Crippen molar-refractivity contribution in [2.24, 2.45) is 0 Å². The fourth-order valence-corrected chi connectivity index (χ4v) is 3.63. The van der Waals surface area contributed by atoms with Gasteiger partial charge < -0.3 is 19.9 Å². The number of hydrogen-bond donors (Lipinski definition) is 2. The van der Waals surface area contributed by atoms with E-state index in [0.29, 0.717) is 22.6 Å². The van der Waals surface area contributed by atoms with Crippen LogP contribution in [0.15, 0.2) is 47.4 Å². The van der Waals surface area contributed by atoms with Crippen LogP contribution in [0.2, 0.25) is 0 Å². The lowest BCUT2D eigenvalue weighted by Crippen LogP contribution is -2.28. The average molecular weight is 407 g/mol. The summed E-state index contributed by atoms with van der Waals surface area (Å²) in [6.07, 6.45) is -1.01. The summed E-state index contributed by atoms with van der Waals surface area (Å²) in [5.41, 5.74) is 0.785. The third-order valence-electron chi connectivity index (χ3n) is 4.32. The van der Waals surface area contributed by atoms with E-state index in [2.05, 4.69) is 5.32 Å². The molecule has 0 radical (unpaired) electrons. The van der Waals surface area contributed by atoms with Gasteiger partial charge in [0.2, 0.25) is 0 Å². The zero-order valence-electron chi connectivity index (χ0n) is 16.3. The van der Waals surface area contributed by atoms with Crippen molar-refractivity contribution in [1.82, 2.24) is 5.32 Å². The Labute approximate surface area is 165 Å². The minimum absolute atomic E-state index is 0.0472. The second-order valence-corrected chi connectivity index (χ2v) is 8.96. The quantitative estimate of drug-likeness (QED) is 0.696. The molecule has 7 nitrogen and oxygen atoms in total. The number of rotatable bonds is 8. The van der Waals surface area contributed by atoms with Crippen molar-refractivity contribution in [2.45, 2.75) is 30.1 Å². The molecule has 0 saturated carbocycles. The van der Waals surface area contributed by atoms with Crippen molar-refractivity contribution >= 4 is 15.7 Å². The lowest BCUT2D eigenvalue weighted by atomic mass is 10.1. The second-order valence-electron chi connectivity index (χ2n) is 6.45. The standard InChI is InChI=1S/C20H25NO6S/c1-13(2)28(24,25)16-8-5-14(6-9-16)20(23)21-12-18(22)17-11-15(26-3)7-10-19(17)27-4/h5-11,13,18,22H,12H2,1-4H3,(H,21,23). The van der Waals surface area contributed by atoms with Crippen molar-refractivity contribution in [2.75, 3.05) is 20.8 Å². The van der Waals surface area contributed by atoms with E-state index in [1.165, 1.54) is 38.5 Å². The average Bonchev–Trinajstić information content (AvgIpc) is 2.71. The van der Waals surface area contributed by atoms with Gasteiger partial charge in [-0.2, -0.15) is 0 Å². The number of amides is 1. The van der Waals surface area contributed by atoms with Gasteiger partial charge in [-0.15, -0.1) is 0 Å². The summed E-state index contributed by atoms with van der Waals surface area (Å²) < 4.78 is 34.7. The lowest BCUT2D eigenvalue weighted by molar-refractivity contribution is 0.0914.